The van der Waals surface area contributed by atoms with Crippen molar-refractivity contribution < 1.29 is 9.53 Å². The molecule has 122 valence electrons. The summed E-state index contributed by atoms with van der Waals surface area (Å²) in [5, 5.41) is 2.15. The molecule has 0 radical (unpaired) electrons. The summed E-state index contributed by atoms with van der Waals surface area (Å²) in [5.41, 5.74) is 2.54. The van der Waals surface area contributed by atoms with Gasteiger partial charge in [-0.2, -0.15) is 0 Å². The minimum Gasteiger partial charge on any atom is -0.497 e. The summed E-state index contributed by atoms with van der Waals surface area (Å²) in [7, 11) is 1.67. The first-order valence-corrected chi connectivity index (χ1v) is 9.09. The normalized spacial score (nSPS) is 17.0. The van der Waals surface area contributed by atoms with Gasteiger partial charge in [-0.05, 0) is 54.0 Å². The van der Waals surface area contributed by atoms with Crippen molar-refractivity contribution >= 4 is 17.2 Å². The van der Waals surface area contributed by atoms with Crippen LogP contribution in [0.2, 0.25) is 0 Å². The average Bonchev–Trinajstić information content (AvgIpc) is 3.07. The van der Waals surface area contributed by atoms with Gasteiger partial charge >= 0.3 is 0 Å². The van der Waals surface area contributed by atoms with E-state index in [1.54, 1.807) is 7.11 Å². The number of ether oxygens (including phenoxy) is 1. The van der Waals surface area contributed by atoms with Crippen molar-refractivity contribution in [1.29, 1.82) is 0 Å². The number of benzene rings is 1. The maximum absolute atomic E-state index is 12.7. The molecule has 0 spiro atoms. The highest BCUT2D eigenvalue weighted by Crippen LogP contribution is 2.35. The van der Waals surface area contributed by atoms with Gasteiger partial charge in [-0.15, -0.1) is 11.3 Å². The molecule has 1 aliphatic heterocycles. The van der Waals surface area contributed by atoms with E-state index in [1.807, 2.05) is 35.6 Å². The summed E-state index contributed by atoms with van der Waals surface area (Å²) in [6, 6.07) is 10.4. The van der Waals surface area contributed by atoms with E-state index in [1.165, 1.54) is 16.0 Å². The Bertz CT molecular complexity index is 662. The summed E-state index contributed by atoms with van der Waals surface area (Å²) in [5.74, 6) is 1.12. The van der Waals surface area contributed by atoms with Crippen LogP contribution in [0.15, 0.2) is 35.7 Å². The van der Waals surface area contributed by atoms with Crippen molar-refractivity contribution in [1.82, 2.24) is 4.90 Å². The highest BCUT2D eigenvalue weighted by atomic mass is 32.1. The number of fused-ring (bicyclic) bond motifs is 1. The Balaban J connectivity index is 1.63. The molecule has 1 aromatic heterocycles. The van der Waals surface area contributed by atoms with Crippen molar-refractivity contribution in [3.8, 4) is 5.75 Å². The molecule has 1 atom stereocenters. The summed E-state index contributed by atoms with van der Waals surface area (Å²) >= 11 is 1.82. The number of rotatable bonds is 5. The van der Waals surface area contributed by atoms with Gasteiger partial charge in [0.1, 0.15) is 5.75 Å². The van der Waals surface area contributed by atoms with Crippen molar-refractivity contribution in [3.63, 3.8) is 0 Å². The van der Waals surface area contributed by atoms with Crippen LogP contribution in [-0.2, 0) is 17.6 Å². The van der Waals surface area contributed by atoms with E-state index in [0.717, 1.165) is 31.6 Å². The minimum atomic E-state index is 0.258. The van der Waals surface area contributed by atoms with Gasteiger partial charge in [0, 0.05) is 17.8 Å². The number of hydrogen-bond acceptors (Lipinski definition) is 3. The van der Waals surface area contributed by atoms with E-state index in [4.69, 9.17) is 4.74 Å². The Kier molecular flexibility index (Phi) is 5.01. The standard InChI is InChI=1S/C19H23NO2S/c1-3-17-16-11-13-23-18(16)10-12-20(17)19(21)9-6-14-4-7-15(22-2)8-5-14/h4-5,7-8,11,13,17H,3,6,9-10,12H2,1-2H3. The Morgan fingerprint density at radius 3 is 2.78 bits per heavy atom. The van der Waals surface area contributed by atoms with Crippen LogP contribution in [0.25, 0.3) is 0 Å². The third-order valence-corrected chi connectivity index (χ3v) is 5.59. The minimum absolute atomic E-state index is 0.258. The molecule has 1 aliphatic rings. The monoisotopic (exact) mass is 329 g/mol. The maximum atomic E-state index is 12.7. The SMILES string of the molecule is CCC1c2ccsc2CCN1C(=O)CCc1ccc(OC)cc1. The second-order valence-corrected chi connectivity index (χ2v) is 6.91. The quantitative estimate of drug-likeness (QED) is 0.822. The molecular formula is C19H23NO2S. The van der Waals surface area contributed by atoms with Gasteiger partial charge in [0.05, 0.1) is 13.2 Å². The van der Waals surface area contributed by atoms with Crippen LogP contribution in [0, 0.1) is 0 Å². The van der Waals surface area contributed by atoms with Crippen molar-refractivity contribution in [2.75, 3.05) is 13.7 Å². The van der Waals surface area contributed by atoms with E-state index in [-0.39, 0.29) is 11.9 Å². The Hall–Kier alpha value is -1.81. The topological polar surface area (TPSA) is 29.5 Å². The number of nitrogens with zero attached hydrogens (tertiary/aromatic N) is 1. The fraction of sp³-hybridized carbons (Fsp3) is 0.421. The first-order valence-electron chi connectivity index (χ1n) is 8.21. The summed E-state index contributed by atoms with van der Waals surface area (Å²) < 4.78 is 5.17. The lowest BCUT2D eigenvalue weighted by atomic mass is 9.97. The molecule has 1 amide bonds. The predicted molar refractivity (Wildman–Crippen MR) is 94.1 cm³/mol. The Labute approximate surface area is 141 Å². The van der Waals surface area contributed by atoms with E-state index in [2.05, 4.69) is 23.3 Å². The molecular weight excluding hydrogens is 306 g/mol. The maximum Gasteiger partial charge on any atom is 0.223 e. The van der Waals surface area contributed by atoms with Gasteiger partial charge in [0.25, 0.3) is 0 Å². The molecule has 0 bridgehead atoms. The van der Waals surface area contributed by atoms with Gasteiger partial charge in [0.2, 0.25) is 5.91 Å². The largest absolute Gasteiger partial charge is 0.497 e. The summed E-state index contributed by atoms with van der Waals surface area (Å²) in [6.45, 7) is 3.02. The van der Waals surface area contributed by atoms with Crippen molar-refractivity contribution in [2.45, 2.75) is 38.6 Å². The lowest BCUT2D eigenvalue weighted by Gasteiger charge is -2.35. The molecule has 4 heteroatoms. The van der Waals surface area contributed by atoms with Crippen LogP contribution in [0.1, 0.15) is 41.8 Å². The van der Waals surface area contributed by atoms with Crippen LogP contribution in [0.3, 0.4) is 0 Å². The van der Waals surface area contributed by atoms with Crippen LogP contribution < -0.4 is 4.74 Å². The van der Waals surface area contributed by atoms with Gasteiger partial charge < -0.3 is 9.64 Å². The summed E-state index contributed by atoms with van der Waals surface area (Å²) in [4.78, 5) is 16.2. The second kappa shape index (κ2) is 7.18. The Morgan fingerprint density at radius 1 is 1.30 bits per heavy atom. The fourth-order valence-corrected chi connectivity index (χ4v) is 4.25. The first kappa shape index (κ1) is 16.1. The highest BCUT2D eigenvalue weighted by molar-refractivity contribution is 7.10. The highest BCUT2D eigenvalue weighted by Gasteiger charge is 2.29. The van der Waals surface area contributed by atoms with Crippen molar-refractivity contribution in [3.05, 3.63) is 51.7 Å². The molecule has 0 aliphatic carbocycles. The number of aryl methyl sites for hydroxylation is 1. The number of methoxy groups -OCH3 is 1. The summed E-state index contributed by atoms with van der Waals surface area (Å²) in [6.07, 6.45) is 3.34. The lowest BCUT2D eigenvalue weighted by Crippen LogP contribution is -2.39. The van der Waals surface area contributed by atoms with Gasteiger partial charge in [-0.25, -0.2) is 0 Å². The van der Waals surface area contributed by atoms with Gasteiger partial charge in [-0.1, -0.05) is 19.1 Å². The number of hydrogen-bond donors (Lipinski definition) is 0. The zero-order valence-corrected chi connectivity index (χ0v) is 14.6. The Morgan fingerprint density at radius 2 is 2.09 bits per heavy atom. The molecule has 0 saturated carbocycles. The number of thiophene rings is 1. The van der Waals surface area contributed by atoms with E-state index >= 15 is 0 Å². The van der Waals surface area contributed by atoms with Crippen LogP contribution in [0.5, 0.6) is 5.75 Å². The molecule has 3 nitrogen and oxygen atoms in total. The molecule has 1 unspecified atom stereocenters. The number of carbonyl (C=O) groups excluding carboxylic acids is 1. The molecule has 0 N–H and O–H groups in total. The molecule has 2 heterocycles. The van der Waals surface area contributed by atoms with Gasteiger partial charge in [-0.3, -0.25) is 4.79 Å². The van der Waals surface area contributed by atoms with E-state index in [9.17, 15) is 4.79 Å². The number of carbonyl (C=O) groups is 1. The van der Waals surface area contributed by atoms with Crippen LogP contribution in [-0.4, -0.2) is 24.5 Å². The number of amides is 1. The smallest absolute Gasteiger partial charge is 0.223 e. The third-order valence-electron chi connectivity index (χ3n) is 4.59. The van der Waals surface area contributed by atoms with Crippen molar-refractivity contribution in [2.24, 2.45) is 0 Å². The lowest BCUT2D eigenvalue weighted by molar-refractivity contribution is -0.134. The first-order chi connectivity index (χ1) is 11.2. The average molecular weight is 329 g/mol. The predicted octanol–water partition coefficient (Wildman–Crippen LogP) is 4.23. The molecule has 23 heavy (non-hydrogen) atoms. The molecule has 0 fully saturated rings. The van der Waals surface area contributed by atoms with E-state index in [0.29, 0.717) is 6.42 Å². The van der Waals surface area contributed by atoms with Crippen LogP contribution >= 0.6 is 11.3 Å². The fourth-order valence-electron chi connectivity index (χ4n) is 3.32. The van der Waals surface area contributed by atoms with Gasteiger partial charge in [0.15, 0.2) is 0 Å². The molecule has 1 aromatic carbocycles. The second-order valence-electron chi connectivity index (χ2n) is 5.91. The molecule has 2 aromatic rings. The molecule has 3 rings (SSSR count). The van der Waals surface area contributed by atoms with Crippen LogP contribution in [0.4, 0.5) is 0 Å². The van der Waals surface area contributed by atoms with E-state index < -0.39 is 0 Å². The molecule has 0 saturated heterocycles. The zero-order chi connectivity index (χ0) is 16.2. The zero-order valence-electron chi connectivity index (χ0n) is 13.7. The third kappa shape index (κ3) is 3.42.